The minimum absolute atomic E-state index is 0.276. The molecule has 4 nitrogen and oxygen atoms in total. The van der Waals surface area contributed by atoms with E-state index in [4.69, 9.17) is 11.6 Å². The first kappa shape index (κ1) is 15.8. The highest BCUT2D eigenvalue weighted by atomic mass is 35.5. The van der Waals surface area contributed by atoms with Gasteiger partial charge in [-0.05, 0) is 42.5 Å². The average Bonchev–Trinajstić information content (AvgIpc) is 3.16. The van der Waals surface area contributed by atoms with Crippen molar-refractivity contribution in [1.29, 1.82) is 0 Å². The topological polar surface area (TPSA) is 46.4 Å². The molecule has 124 valence electrons. The smallest absolute Gasteiger partial charge is 0.276 e. The highest BCUT2D eigenvalue weighted by Gasteiger charge is 2.21. The number of nitrogens with one attached hydrogen (secondary N) is 1. The summed E-state index contributed by atoms with van der Waals surface area (Å²) in [5.41, 5.74) is 2.19. The van der Waals surface area contributed by atoms with Crippen LogP contribution in [0.15, 0.2) is 60.1 Å². The molecule has 0 unspecified atom stereocenters. The van der Waals surface area contributed by atoms with E-state index >= 15 is 0 Å². The molecule has 1 amide bonds. The van der Waals surface area contributed by atoms with Crippen molar-refractivity contribution in [2.75, 3.05) is 5.32 Å². The number of halogens is 2. The van der Waals surface area contributed by atoms with Crippen molar-refractivity contribution in [3.8, 4) is 11.3 Å². The monoisotopic (exact) mass is 371 g/mol. The van der Waals surface area contributed by atoms with Crippen molar-refractivity contribution in [3.63, 3.8) is 0 Å². The lowest BCUT2D eigenvalue weighted by Crippen LogP contribution is -2.13. The van der Waals surface area contributed by atoms with Gasteiger partial charge < -0.3 is 5.32 Å². The highest BCUT2D eigenvalue weighted by Crippen LogP contribution is 2.28. The Morgan fingerprint density at radius 1 is 1.20 bits per heavy atom. The number of aromatic nitrogens is 2. The quantitative estimate of drug-likeness (QED) is 0.544. The van der Waals surface area contributed by atoms with Gasteiger partial charge in [0.2, 0.25) is 0 Å². The fourth-order valence-electron chi connectivity index (χ4n) is 2.58. The third kappa shape index (κ3) is 3.01. The molecular formula is C18H11ClFN3OS. The first-order chi connectivity index (χ1) is 12.1. The molecule has 2 aromatic heterocycles. The van der Waals surface area contributed by atoms with Crippen molar-refractivity contribution < 1.29 is 9.18 Å². The number of carbonyl (C=O) groups excluding carboxylic acids is 1. The Hall–Kier alpha value is -2.70. The van der Waals surface area contributed by atoms with Crippen LogP contribution in [0, 0.1) is 5.82 Å². The van der Waals surface area contributed by atoms with E-state index in [-0.39, 0.29) is 17.4 Å². The lowest BCUT2D eigenvalue weighted by Gasteiger charge is -2.07. The molecule has 1 N–H and O–H groups in total. The Labute approximate surface area is 151 Å². The van der Waals surface area contributed by atoms with Gasteiger partial charge in [0.05, 0.1) is 5.69 Å². The Kier molecular flexibility index (Phi) is 3.99. The molecule has 0 saturated heterocycles. The summed E-state index contributed by atoms with van der Waals surface area (Å²) in [4.78, 5) is 17.9. The summed E-state index contributed by atoms with van der Waals surface area (Å²) >= 11 is 7.38. The normalized spacial score (nSPS) is 11.0. The summed E-state index contributed by atoms with van der Waals surface area (Å²) < 4.78 is 15.1. The fraction of sp³-hybridized carbons (Fsp3) is 0. The second-order valence-electron chi connectivity index (χ2n) is 5.34. The predicted molar refractivity (Wildman–Crippen MR) is 97.9 cm³/mol. The molecule has 0 aliphatic carbocycles. The van der Waals surface area contributed by atoms with Crippen molar-refractivity contribution in [1.82, 2.24) is 9.38 Å². The lowest BCUT2D eigenvalue weighted by atomic mass is 10.1. The summed E-state index contributed by atoms with van der Waals surface area (Å²) in [6.07, 6.45) is 1.84. The molecule has 0 fully saturated rings. The van der Waals surface area contributed by atoms with Gasteiger partial charge in [0.25, 0.3) is 5.91 Å². The van der Waals surface area contributed by atoms with E-state index in [0.29, 0.717) is 26.9 Å². The van der Waals surface area contributed by atoms with Gasteiger partial charge in [0.15, 0.2) is 10.7 Å². The number of benzene rings is 2. The summed E-state index contributed by atoms with van der Waals surface area (Å²) in [5.74, 6) is -0.683. The van der Waals surface area contributed by atoms with Crippen molar-refractivity contribution in [3.05, 3.63) is 76.6 Å². The summed E-state index contributed by atoms with van der Waals surface area (Å²) in [5, 5.41) is 5.22. The molecule has 7 heteroatoms. The maximum absolute atomic E-state index is 13.3. The zero-order valence-corrected chi connectivity index (χ0v) is 14.3. The Morgan fingerprint density at radius 2 is 2.00 bits per heavy atom. The minimum atomic E-state index is -0.350. The number of carbonyl (C=O) groups is 1. The zero-order valence-electron chi connectivity index (χ0n) is 12.7. The van der Waals surface area contributed by atoms with Gasteiger partial charge in [0.1, 0.15) is 5.82 Å². The molecule has 4 rings (SSSR count). The van der Waals surface area contributed by atoms with Crippen LogP contribution in [0.3, 0.4) is 0 Å². The number of amides is 1. The van der Waals surface area contributed by atoms with E-state index in [9.17, 15) is 9.18 Å². The zero-order chi connectivity index (χ0) is 17.4. The van der Waals surface area contributed by atoms with Gasteiger partial charge in [0, 0.05) is 27.9 Å². The second-order valence-corrected chi connectivity index (χ2v) is 6.65. The Balaban J connectivity index is 1.79. The molecular weight excluding hydrogens is 361 g/mol. The first-order valence-electron chi connectivity index (χ1n) is 7.40. The van der Waals surface area contributed by atoms with Crippen LogP contribution in [0.2, 0.25) is 5.02 Å². The van der Waals surface area contributed by atoms with E-state index < -0.39 is 0 Å². The minimum Gasteiger partial charge on any atom is -0.321 e. The van der Waals surface area contributed by atoms with Gasteiger partial charge in [-0.2, -0.15) is 0 Å². The second kappa shape index (κ2) is 6.31. The van der Waals surface area contributed by atoms with Crippen LogP contribution in [-0.2, 0) is 0 Å². The van der Waals surface area contributed by atoms with E-state index in [2.05, 4.69) is 10.3 Å². The number of nitrogens with zero attached hydrogens (tertiary/aromatic N) is 2. The van der Waals surface area contributed by atoms with Crippen LogP contribution in [0.4, 0.5) is 10.1 Å². The molecule has 0 spiro atoms. The lowest BCUT2D eigenvalue weighted by molar-refractivity contribution is 0.102. The van der Waals surface area contributed by atoms with Gasteiger partial charge in [-0.3, -0.25) is 9.20 Å². The van der Waals surface area contributed by atoms with Gasteiger partial charge >= 0.3 is 0 Å². The summed E-state index contributed by atoms with van der Waals surface area (Å²) in [7, 11) is 0. The molecule has 0 saturated carbocycles. The van der Waals surface area contributed by atoms with Crippen molar-refractivity contribution in [2.24, 2.45) is 0 Å². The number of rotatable bonds is 3. The number of hydrogen-bond acceptors (Lipinski definition) is 3. The highest BCUT2D eigenvalue weighted by molar-refractivity contribution is 7.15. The van der Waals surface area contributed by atoms with Crippen molar-refractivity contribution >= 4 is 39.5 Å². The molecule has 0 bridgehead atoms. The third-order valence-corrected chi connectivity index (χ3v) is 4.67. The molecule has 0 radical (unpaired) electrons. The van der Waals surface area contributed by atoms with Crippen LogP contribution in [-0.4, -0.2) is 15.3 Å². The predicted octanol–water partition coefficient (Wildman–Crippen LogP) is 5.11. The van der Waals surface area contributed by atoms with E-state index in [1.807, 2.05) is 16.0 Å². The third-order valence-electron chi connectivity index (χ3n) is 3.68. The number of hydrogen-bond donors (Lipinski definition) is 1. The number of imidazole rings is 1. The molecule has 4 aromatic rings. The van der Waals surface area contributed by atoms with Gasteiger partial charge in [-0.1, -0.05) is 17.7 Å². The summed E-state index contributed by atoms with van der Waals surface area (Å²) in [6, 6.07) is 12.9. The number of thiazole rings is 1. The Morgan fingerprint density at radius 3 is 2.76 bits per heavy atom. The SMILES string of the molecule is O=C(Nc1cccc(Cl)c1)c1nc2sccn2c1-c1ccc(F)cc1. The van der Waals surface area contributed by atoms with E-state index in [0.717, 1.165) is 0 Å². The van der Waals surface area contributed by atoms with E-state index in [1.165, 1.54) is 23.5 Å². The van der Waals surface area contributed by atoms with Crippen LogP contribution in [0.5, 0.6) is 0 Å². The number of anilines is 1. The van der Waals surface area contributed by atoms with E-state index in [1.54, 1.807) is 36.4 Å². The average molecular weight is 372 g/mol. The van der Waals surface area contributed by atoms with Crippen LogP contribution >= 0.6 is 22.9 Å². The molecule has 2 aromatic carbocycles. The largest absolute Gasteiger partial charge is 0.321 e. The molecule has 0 aliphatic rings. The summed E-state index contributed by atoms with van der Waals surface area (Å²) in [6.45, 7) is 0. The van der Waals surface area contributed by atoms with Crippen LogP contribution in [0.25, 0.3) is 16.2 Å². The molecule has 2 heterocycles. The maximum atomic E-state index is 13.3. The fourth-order valence-corrected chi connectivity index (χ4v) is 3.49. The van der Waals surface area contributed by atoms with Crippen molar-refractivity contribution in [2.45, 2.75) is 0 Å². The van der Waals surface area contributed by atoms with Gasteiger partial charge in [-0.25, -0.2) is 9.37 Å². The molecule has 0 aliphatic heterocycles. The maximum Gasteiger partial charge on any atom is 0.276 e. The Bertz CT molecular complexity index is 1070. The first-order valence-corrected chi connectivity index (χ1v) is 8.66. The van der Waals surface area contributed by atoms with Crippen LogP contribution < -0.4 is 5.32 Å². The number of fused-ring (bicyclic) bond motifs is 1. The molecule has 0 atom stereocenters. The standard InChI is InChI=1S/C18H11ClFN3OS/c19-12-2-1-3-14(10-12)21-17(24)15-16(11-4-6-13(20)7-5-11)23-8-9-25-18(23)22-15/h1-10H,(H,21,24). The molecule has 25 heavy (non-hydrogen) atoms. The van der Waals surface area contributed by atoms with Gasteiger partial charge in [-0.15, -0.1) is 11.3 Å². The van der Waals surface area contributed by atoms with Crippen LogP contribution in [0.1, 0.15) is 10.5 Å².